The summed E-state index contributed by atoms with van der Waals surface area (Å²) in [6.45, 7) is 0. The molecule has 0 fully saturated rings. The monoisotopic (exact) mass is 476 g/mol. The second-order valence-electron chi connectivity index (χ2n) is 7.27. The van der Waals surface area contributed by atoms with Gasteiger partial charge in [-0.1, -0.05) is 72.8 Å². The first-order chi connectivity index (χ1) is 15.9. The Bertz CT molecular complexity index is 1390. The molecule has 1 aliphatic rings. The number of rotatable bonds is 0. The van der Waals surface area contributed by atoms with Gasteiger partial charge < -0.3 is 0 Å². The Labute approximate surface area is 203 Å². The number of fused-ring (bicyclic) bond motifs is 4. The minimum absolute atomic E-state index is 0. The van der Waals surface area contributed by atoms with Gasteiger partial charge in [0.25, 0.3) is 0 Å². The van der Waals surface area contributed by atoms with Crippen LogP contribution in [0.5, 0.6) is 0 Å². The Morgan fingerprint density at radius 1 is 0.303 bits per heavy atom. The standard InChI is InChI=1S/C28H20N4.Zn/c1-5-13-25-21(9-1)17-29-26-14-6-2-11-23(26)19-31-28-16-8-4-12-24(28)20-32-27-15-7-3-10-22(27)18-30-25;/h1-20H;/q;+2. The third-order valence-corrected chi connectivity index (χ3v) is 5.12. The van der Waals surface area contributed by atoms with Crippen molar-refractivity contribution in [3.63, 3.8) is 0 Å². The van der Waals surface area contributed by atoms with Gasteiger partial charge in [0.2, 0.25) is 0 Å². The van der Waals surface area contributed by atoms with Crippen LogP contribution in [0.15, 0.2) is 117 Å². The zero-order valence-corrected chi connectivity index (χ0v) is 21.0. The van der Waals surface area contributed by atoms with Crippen molar-refractivity contribution in [2.75, 3.05) is 0 Å². The van der Waals surface area contributed by atoms with Crippen molar-refractivity contribution in [2.45, 2.75) is 0 Å². The van der Waals surface area contributed by atoms with Gasteiger partial charge in [0.15, 0.2) is 0 Å². The van der Waals surface area contributed by atoms with Crippen LogP contribution >= 0.6 is 0 Å². The molecule has 1 heterocycles. The second kappa shape index (κ2) is 10.7. The predicted octanol–water partition coefficient (Wildman–Crippen LogP) is 0.229. The summed E-state index contributed by atoms with van der Waals surface area (Å²) in [6, 6.07) is 31.8. The minimum atomic E-state index is 0. The molecule has 152 valence electrons. The van der Waals surface area contributed by atoms with Crippen LogP contribution in [-0.2, 0) is 19.5 Å². The normalized spacial score (nSPS) is 12.1. The SMILES string of the molecule is C1=c2ccccc2=NC=c2ccccc2=NC=c2ccccc2=NC=c2ccccc2=N1.[Zn+2]. The molecule has 0 radical (unpaired) electrons. The van der Waals surface area contributed by atoms with E-state index in [4.69, 9.17) is 20.0 Å². The van der Waals surface area contributed by atoms with Gasteiger partial charge in [-0.05, 0) is 24.3 Å². The molecule has 0 unspecified atom stereocenters. The number of hydrogen-bond acceptors (Lipinski definition) is 4. The van der Waals surface area contributed by atoms with E-state index < -0.39 is 0 Å². The molecule has 33 heavy (non-hydrogen) atoms. The van der Waals surface area contributed by atoms with E-state index in [0.717, 1.165) is 42.3 Å². The van der Waals surface area contributed by atoms with E-state index in [2.05, 4.69) is 0 Å². The van der Waals surface area contributed by atoms with Crippen LogP contribution in [0.25, 0.3) is 24.8 Å². The van der Waals surface area contributed by atoms with Gasteiger partial charge >= 0.3 is 19.5 Å². The number of nitrogens with zero attached hydrogens (tertiary/aromatic N) is 4. The van der Waals surface area contributed by atoms with Gasteiger partial charge in [-0.2, -0.15) is 0 Å². The molecule has 4 aromatic carbocycles. The maximum absolute atomic E-state index is 4.74. The van der Waals surface area contributed by atoms with E-state index >= 15 is 0 Å². The van der Waals surface area contributed by atoms with Gasteiger partial charge in [0.05, 0.1) is 21.4 Å². The molecule has 0 bridgehead atoms. The van der Waals surface area contributed by atoms with Crippen LogP contribution < -0.4 is 42.3 Å². The Morgan fingerprint density at radius 3 is 0.758 bits per heavy atom. The van der Waals surface area contributed by atoms with Gasteiger partial charge in [-0.3, -0.25) is 20.0 Å². The van der Waals surface area contributed by atoms with Crippen LogP contribution in [0.4, 0.5) is 0 Å². The summed E-state index contributed by atoms with van der Waals surface area (Å²) in [6.07, 6.45) is 7.40. The molecule has 0 amide bonds. The van der Waals surface area contributed by atoms with Crippen molar-refractivity contribution in [1.29, 1.82) is 0 Å². The van der Waals surface area contributed by atoms with Crippen molar-refractivity contribution in [3.8, 4) is 0 Å². The molecule has 0 atom stereocenters. The Hall–Kier alpha value is -3.82. The van der Waals surface area contributed by atoms with Crippen LogP contribution in [0.3, 0.4) is 0 Å². The van der Waals surface area contributed by atoms with E-state index in [0.29, 0.717) is 0 Å². The van der Waals surface area contributed by atoms with Gasteiger partial charge in [-0.25, -0.2) is 0 Å². The fourth-order valence-electron chi connectivity index (χ4n) is 3.41. The Kier molecular flexibility index (Phi) is 7.23. The summed E-state index contributed by atoms with van der Waals surface area (Å²) in [7, 11) is 0. The summed E-state index contributed by atoms with van der Waals surface area (Å²) in [4.78, 5) is 19.0. The molecular weight excluding hydrogens is 458 g/mol. The molecule has 0 aromatic heterocycles. The molecule has 0 spiro atoms. The summed E-state index contributed by atoms with van der Waals surface area (Å²) in [5, 5.41) is 7.14. The summed E-state index contributed by atoms with van der Waals surface area (Å²) < 4.78 is 0. The van der Waals surface area contributed by atoms with Gasteiger partial charge in [0.1, 0.15) is 0 Å². The van der Waals surface area contributed by atoms with Crippen molar-refractivity contribution in [1.82, 2.24) is 0 Å². The zero-order valence-electron chi connectivity index (χ0n) is 18.0. The molecule has 0 saturated carbocycles. The van der Waals surface area contributed by atoms with Gasteiger partial charge in [-0.15, -0.1) is 0 Å². The molecule has 5 rings (SSSR count). The Balaban J connectivity index is 0.00000259. The van der Waals surface area contributed by atoms with Crippen LogP contribution in [-0.4, -0.2) is 0 Å². The smallest absolute Gasteiger partial charge is 0.256 e. The molecule has 4 nitrogen and oxygen atoms in total. The molecule has 0 N–H and O–H groups in total. The van der Waals surface area contributed by atoms with Crippen molar-refractivity contribution in [3.05, 3.63) is 139 Å². The quantitative estimate of drug-likeness (QED) is 0.326. The topological polar surface area (TPSA) is 49.4 Å². The van der Waals surface area contributed by atoms with E-state index in [-0.39, 0.29) is 19.5 Å². The van der Waals surface area contributed by atoms with Crippen molar-refractivity contribution >= 4 is 24.8 Å². The van der Waals surface area contributed by atoms with Crippen LogP contribution in [0.1, 0.15) is 0 Å². The number of benzene rings is 4. The fourth-order valence-corrected chi connectivity index (χ4v) is 3.41. The molecule has 0 saturated heterocycles. The summed E-state index contributed by atoms with van der Waals surface area (Å²) >= 11 is 0. The van der Waals surface area contributed by atoms with E-state index in [1.54, 1.807) is 0 Å². The van der Waals surface area contributed by atoms with E-state index in [1.165, 1.54) is 0 Å². The largest absolute Gasteiger partial charge is 2.00 e. The number of hydrogen-bond donors (Lipinski definition) is 0. The average Bonchev–Trinajstić information content (AvgIpc) is 2.85. The molecule has 4 aromatic rings. The average molecular weight is 478 g/mol. The molecule has 1 aliphatic heterocycles. The van der Waals surface area contributed by atoms with Crippen LogP contribution in [0, 0.1) is 0 Å². The van der Waals surface area contributed by atoms with E-state index in [1.807, 2.05) is 122 Å². The van der Waals surface area contributed by atoms with Crippen LogP contribution in [0.2, 0.25) is 0 Å². The van der Waals surface area contributed by atoms with Crippen molar-refractivity contribution < 1.29 is 19.5 Å². The van der Waals surface area contributed by atoms with Gasteiger partial charge in [0, 0.05) is 45.7 Å². The summed E-state index contributed by atoms with van der Waals surface area (Å²) in [5.41, 5.74) is 0. The second-order valence-corrected chi connectivity index (χ2v) is 7.27. The molecule has 0 aliphatic carbocycles. The first kappa shape index (κ1) is 22.4. The maximum atomic E-state index is 4.74. The van der Waals surface area contributed by atoms with Crippen molar-refractivity contribution in [2.24, 2.45) is 20.0 Å². The predicted molar refractivity (Wildman–Crippen MR) is 127 cm³/mol. The zero-order chi connectivity index (χ0) is 21.6. The third kappa shape index (κ3) is 5.33. The molecule has 5 heteroatoms. The first-order valence-electron chi connectivity index (χ1n) is 10.4. The van der Waals surface area contributed by atoms with E-state index in [9.17, 15) is 0 Å². The fraction of sp³-hybridized carbons (Fsp3) is 0. The number of para-hydroxylation sites is 4. The third-order valence-electron chi connectivity index (χ3n) is 5.12. The Morgan fingerprint density at radius 2 is 0.515 bits per heavy atom. The molecular formula is C28H20N4Zn+2. The summed E-state index contributed by atoms with van der Waals surface area (Å²) in [5.74, 6) is 0. The minimum Gasteiger partial charge on any atom is -0.256 e. The maximum Gasteiger partial charge on any atom is 2.00 e. The first-order valence-corrected chi connectivity index (χ1v) is 10.4.